The molecule has 0 aliphatic carbocycles. The second kappa shape index (κ2) is 8.22. The lowest BCUT2D eigenvalue weighted by atomic mass is 10.1. The van der Waals surface area contributed by atoms with Gasteiger partial charge in [0, 0.05) is 19.6 Å². The van der Waals surface area contributed by atoms with E-state index in [0.29, 0.717) is 43.3 Å². The van der Waals surface area contributed by atoms with Crippen LogP contribution in [-0.4, -0.2) is 60.3 Å². The van der Waals surface area contributed by atoms with Crippen LogP contribution in [0.2, 0.25) is 0 Å². The molecule has 1 amide bonds. The molecule has 0 N–H and O–H groups in total. The first-order valence-electron chi connectivity index (χ1n) is 9.95. The van der Waals surface area contributed by atoms with Gasteiger partial charge in [0.15, 0.2) is 11.5 Å². The predicted octanol–water partition coefficient (Wildman–Crippen LogP) is 2.80. The quantitative estimate of drug-likeness (QED) is 0.762. The molecule has 150 valence electrons. The van der Waals surface area contributed by atoms with Crippen molar-refractivity contribution in [1.82, 2.24) is 15.0 Å². The summed E-state index contributed by atoms with van der Waals surface area (Å²) in [5.41, 5.74) is 2.22. The van der Waals surface area contributed by atoms with Gasteiger partial charge in [0.25, 0.3) is 5.91 Å². The van der Waals surface area contributed by atoms with Crippen molar-refractivity contribution >= 4 is 5.91 Å². The van der Waals surface area contributed by atoms with Crippen LogP contribution in [0.5, 0.6) is 11.5 Å². The van der Waals surface area contributed by atoms with Gasteiger partial charge in [0.05, 0.1) is 5.69 Å². The van der Waals surface area contributed by atoms with E-state index in [1.807, 2.05) is 30.0 Å². The Morgan fingerprint density at radius 3 is 2.61 bits per heavy atom. The highest BCUT2D eigenvalue weighted by atomic mass is 16.6. The van der Waals surface area contributed by atoms with E-state index in [1.54, 1.807) is 6.92 Å². The Kier molecular flexibility index (Phi) is 5.52. The van der Waals surface area contributed by atoms with Crippen molar-refractivity contribution in [3.05, 3.63) is 40.8 Å². The van der Waals surface area contributed by atoms with Gasteiger partial charge in [-0.15, -0.1) is 0 Å². The first-order chi connectivity index (χ1) is 13.6. The Balaban J connectivity index is 1.54. The van der Waals surface area contributed by atoms with Gasteiger partial charge in [0.1, 0.15) is 24.5 Å². The van der Waals surface area contributed by atoms with Gasteiger partial charge in [-0.05, 0) is 57.5 Å². The Morgan fingerprint density at radius 1 is 1.14 bits per heavy atom. The summed E-state index contributed by atoms with van der Waals surface area (Å²) in [6.07, 6.45) is 2.47. The fourth-order valence-electron chi connectivity index (χ4n) is 3.87. The van der Waals surface area contributed by atoms with E-state index in [9.17, 15) is 4.79 Å². The van der Waals surface area contributed by atoms with Crippen LogP contribution in [0, 0.1) is 13.8 Å². The second-order valence-electron chi connectivity index (χ2n) is 7.45. The molecule has 0 atom stereocenters. The topological polar surface area (TPSA) is 68.0 Å². The van der Waals surface area contributed by atoms with Gasteiger partial charge in [0.2, 0.25) is 0 Å². The normalized spacial score (nSPS) is 16.4. The molecule has 28 heavy (non-hydrogen) atoms. The SMILES string of the molecule is Cc1noc(C)c1C(=O)N(CCN1CCCC1)Cc1ccc2c(c1)OCCO2. The maximum Gasteiger partial charge on any atom is 0.259 e. The molecule has 2 aliphatic rings. The molecule has 1 aromatic heterocycles. The number of aryl methyl sites for hydroxylation is 2. The molecule has 4 rings (SSSR count). The summed E-state index contributed by atoms with van der Waals surface area (Å²) < 4.78 is 16.5. The molecule has 1 saturated heterocycles. The number of likely N-dealkylation sites (tertiary alicyclic amines) is 1. The number of benzene rings is 1. The lowest BCUT2D eigenvalue weighted by Crippen LogP contribution is -2.38. The van der Waals surface area contributed by atoms with Crippen molar-refractivity contribution < 1.29 is 18.8 Å². The average Bonchev–Trinajstić information content (AvgIpc) is 3.34. The van der Waals surface area contributed by atoms with Crippen LogP contribution in [-0.2, 0) is 6.54 Å². The maximum atomic E-state index is 13.3. The predicted molar refractivity (Wildman–Crippen MR) is 104 cm³/mol. The van der Waals surface area contributed by atoms with Gasteiger partial charge >= 0.3 is 0 Å². The molecule has 0 saturated carbocycles. The van der Waals surface area contributed by atoms with Crippen molar-refractivity contribution in [3.63, 3.8) is 0 Å². The third-order valence-electron chi connectivity index (χ3n) is 5.40. The molecule has 7 heteroatoms. The van der Waals surface area contributed by atoms with Gasteiger partial charge in [-0.3, -0.25) is 4.79 Å². The Bertz CT molecular complexity index is 823. The number of fused-ring (bicyclic) bond motifs is 1. The number of hydrogen-bond acceptors (Lipinski definition) is 6. The summed E-state index contributed by atoms with van der Waals surface area (Å²) in [6, 6.07) is 5.89. The Morgan fingerprint density at radius 2 is 1.89 bits per heavy atom. The summed E-state index contributed by atoms with van der Waals surface area (Å²) in [5.74, 6) is 2.03. The lowest BCUT2D eigenvalue weighted by Gasteiger charge is -2.26. The number of carbonyl (C=O) groups excluding carboxylic acids is 1. The smallest absolute Gasteiger partial charge is 0.259 e. The zero-order valence-corrected chi connectivity index (χ0v) is 16.6. The molecule has 3 heterocycles. The van der Waals surface area contributed by atoms with E-state index in [0.717, 1.165) is 36.7 Å². The third-order valence-corrected chi connectivity index (χ3v) is 5.40. The van der Waals surface area contributed by atoms with Crippen LogP contribution in [0.25, 0.3) is 0 Å². The minimum Gasteiger partial charge on any atom is -0.486 e. The van der Waals surface area contributed by atoms with E-state index in [1.165, 1.54) is 12.8 Å². The van der Waals surface area contributed by atoms with E-state index >= 15 is 0 Å². The number of carbonyl (C=O) groups is 1. The summed E-state index contributed by atoms with van der Waals surface area (Å²) >= 11 is 0. The summed E-state index contributed by atoms with van der Waals surface area (Å²) in [4.78, 5) is 17.6. The monoisotopic (exact) mass is 385 g/mol. The molecule has 0 bridgehead atoms. The van der Waals surface area contributed by atoms with Crippen molar-refractivity contribution in [3.8, 4) is 11.5 Å². The number of amides is 1. The minimum absolute atomic E-state index is 0.0367. The van der Waals surface area contributed by atoms with Gasteiger partial charge < -0.3 is 23.8 Å². The van der Waals surface area contributed by atoms with E-state index in [-0.39, 0.29) is 5.91 Å². The number of aromatic nitrogens is 1. The van der Waals surface area contributed by atoms with E-state index < -0.39 is 0 Å². The fourth-order valence-corrected chi connectivity index (χ4v) is 3.87. The average molecular weight is 385 g/mol. The second-order valence-corrected chi connectivity index (χ2v) is 7.45. The highest BCUT2D eigenvalue weighted by Gasteiger charge is 2.25. The van der Waals surface area contributed by atoms with Crippen molar-refractivity contribution in [2.24, 2.45) is 0 Å². The fraction of sp³-hybridized carbons (Fsp3) is 0.524. The van der Waals surface area contributed by atoms with Crippen LogP contribution in [0.3, 0.4) is 0 Å². The van der Waals surface area contributed by atoms with Crippen LogP contribution < -0.4 is 9.47 Å². The third kappa shape index (κ3) is 3.99. The maximum absolute atomic E-state index is 13.3. The number of ether oxygens (including phenoxy) is 2. The Hall–Kier alpha value is -2.54. The number of hydrogen-bond donors (Lipinski definition) is 0. The first kappa shape index (κ1) is 18.8. The molecule has 0 spiro atoms. The lowest BCUT2D eigenvalue weighted by molar-refractivity contribution is 0.0724. The summed E-state index contributed by atoms with van der Waals surface area (Å²) in [7, 11) is 0. The van der Waals surface area contributed by atoms with Crippen molar-refractivity contribution in [2.75, 3.05) is 39.4 Å². The van der Waals surface area contributed by atoms with Crippen molar-refractivity contribution in [1.29, 1.82) is 0 Å². The minimum atomic E-state index is -0.0367. The van der Waals surface area contributed by atoms with Crippen LogP contribution in [0.4, 0.5) is 0 Å². The zero-order chi connectivity index (χ0) is 19.5. The molecule has 2 aromatic rings. The van der Waals surface area contributed by atoms with Crippen LogP contribution in [0.15, 0.2) is 22.7 Å². The van der Waals surface area contributed by atoms with Crippen LogP contribution in [0.1, 0.15) is 40.2 Å². The van der Waals surface area contributed by atoms with E-state index in [2.05, 4.69) is 10.1 Å². The first-order valence-corrected chi connectivity index (χ1v) is 9.95. The van der Waals surface area contributed by atoms with E-state index in [4.69, 9.17) is 14.0 Å². The zero-order valence-electron chi connectivity index (χ0n) is 16.6. The Labute approximate surface area is 165 Å². The van der Waals surface area contributed by atoms with Crippen molar-refractivity contribution in [2.45, 2.75) is 33.2 Å². The molecule has 0 radical (unpaired) electrons. The summed E-state index contributed by atoms with van der Waals surface area (Å²) in [6.45, 7) is 8.98. The molecule has 7 nitrogen and oxygen atoms in total. The molecule has 1 aromatic carbocycles. The standard InChI is InChI=1S/C21H27N3O4/c1-15-20(16(2)28-22-15)21(25)24(10-9-23-7-3-4-8-23)14-17-5-6-18-19(13-17)27-12-11-26-18/h5-6,13H,3-4,7-12,14H2,1-2H3. The molecule has 2 aliphatic heterocycles. The highest BCUT2D eigenvalue weighted by Crippen LogP contribution is 2.31. The molecule has 0 unspecified atom stereocenters. The van der Waals surface area contributed by atoms with Gasteiger partial charge in [-0.1, -0.05) is 11.2 Å². The largest absolute Gasteiger partial charge is 0.486 e. The summed E-state index contributed by atoms with van der Waals surface area (Å²) in [5, 5.41) is 3.95. The molecular formula is C21H27N3O4. The molecular weight excluding hydrogens is 358 g/mol. The number of nitrogens with zero attached hydrogens (tertiary/aromatic N) is 3. The van der Waals surface area contributed by atoms with Crippen LogP contribution >= 0.6 is 0 Å². The molecule has 1 fully saturated rings. The number of rotatable bonds is 6. The highest BCUT2D eigenvalue weighted by molar-refractivity contribution is 5.96. The van der Waals surface area contributed by atoms with Gasteiger partial charge in [-0.25, -0.2) is 0 Å². The van der Waals surface area contributed by atoms with Gasteiger partial charge in [-0.2, -0.15) is 0 Å².